The summed E-state index contributed by atoms with van der Waals surface area (Å²) in [6, 6.07) is -0.133. The maximum atomic E-state index is 13.3. The molecule has 1 saturated heterocycles. The van der Waals surface area contributed by atoms with Crippen LogP contribution < -0.4 is 5.32 Å². The Morgan fingerprint density at radius 3 is 2.24 bits per heavy atom. The quantitative estimate of drug-likeness (QED) is 0.763. The van der Waals surface area contributed by atoms with Crippen molar-refractivity contribution in [2.24, 2.45) is 17.8 Å². The molecule has 2 saturated carbocycles. The Balaban J connectivity index is 1.75. The van der Waals surface area contributed by atoms with E-state index in [0.29, 0.717) is 19.4 Å². The van der Waals surface area contributed by atoms with Gasteiger partial charge in [0.05, 0.1) is 5.92 Å². The molecular weight excluding hydrogens is 387 g/mol. The van der Waals surface area contributed by atoms with Crippen LogP contribution >= 0.6 is 0 Å². The molecule has 0 aromatic carbocycles. The van der Waals surface area contributed by atoms with Gasteiger partial charge >= 0.3 is 6.18 Å². The predicted octanol–water partition coefficient (Wildman–Crippen LogP) is 2.33. The lowest BCUT2D eigenvalue weighted by molar-refractivity contribution is -0.187. The largest absolute Gasteiger partial charge is 0.391 e. The van der Waals surface area contributed by atoms with Gasteiger partial charge in [0.25, 0.3) is 0 Å². The van der Waals surface area contributed by atoms with E-state index in [1.807, 2.05) is 13.8 Å². The molecule has 3 aliphatic rings. The molecule has 0 atom stereocenters. The molecule has 3 amide bonds. The molecule has 0 aromatic heterocycles. The van der Waals surface area contributed by atoms with Gasteiger partial charge in [0, 0.05) is 25.6 Å². The van der Waals surface area contributed by atoms with E-state index < -0.39 is 17.6 Å². The molecule has 3 fully saturated rings. The van der Waals surface area contributed by atoms with Gasteiger partial charge in [-0.05, 0) is 58.3 Å². The Morgan fingerprint density at radius 1 is 1.17 bits per heavy atom. The minimum absolute atomic E-state index is 0.0131. The minimum atomic E-state index is -4.17. The Labute approximate surface area is 169 Å². The van der Waals surface area contributed by atoms with Crippen LogP contribution in [0, 0.1) is 17.8 Å². The summed E-state index contributed by atoms with van der Waals surface area (Å²) in [5.41, 5.74) is -1.03. The number of carbonyl (C=O) groups is 3. The molecule has 6 nitrogen and oxygen atoms in total. The molecule has 1 spiro atoms. The van der Waals surface area contributed by atoms with Gasteiger partial charge in [-0.2, -0.15) is 13.2 Å². The van der Waals surface area contributed by atoms with Crippen molar-refractivity contribution in [1.29, 1.82) is 0 Å². The average Bonchev–Trinajstić information content (AvgIpc) is 2.62. The summed E-state index contributed by atoms with van der Waals surface area (Å²) in [4.78, 5) is 41.4. The Kier molecular flexibility index (Phi) is 5.89. The molecule has 164 valence electrons. The normalized spacial score (nSPS) is 33.3. The monoisotopic (exact) mass is 417 g/mol. The lowest BCUT2D eigenvalue weighted by atomic mass is 9.64. The number of nitrogens with zero attached hydrogens (tertiary/aromatic N) is 2. The van der Waals surface area contributed by atoms with Crippen LogP contribution in [-0.4, -0.2) is 65.4 Å². The highest BCUT2D eigenvalue weighted by atomic mass is 19.4. The Hall–Kier alpha value is -1.80. The molecule has 0 bridgehead atoms. The number of carbonyl (C=O) groups excluding carboxylic acids is 3. The molecule has 0 radical (unpaired) electrons. The first kappa shape index (κ1) is 21.9. The summed E-state index contributed by atoms with van der Waals surface area (Å²) in [5, 5.41) is 2.59. The second kappa shape index (κ2) is 7.80. The third kappa shape index (κ3) is 3.97. The number of hydrogen-bond acceptors (Lipinski definition) is 3. The van der Waals surface area contributed by atoms with Crippen molar-refractivity contribution >= 4 is 17.7 Å². The van der Waals surface area contributed by atoms with E-state index in [1.165, 1.54) is 0 Å². The molecule has 2 aliphatic carbocycles. The fourth-order valence-corrected chi connectivity index (χ4v) is 5.09. The van der Waals surface area contributed by atoms with Crippen molar-refractivity contribution in [3.05, 3.63) is 0 Å². The van der Waals surface area contributed by atoms with Crippen molar-refractivity contribution in [3.8, 4) is 0 Å². The molecule has 1 heterocycles. The third-order valence-corrected chi connectivity index (χ3v) is 6.94. The maximum Gasteiger partial charge on any atom is 0.391 e. The smallest absolute Gasteiger partial charge is 0.359 e. The first-order valence-electron chi connectivity index (χ1n) is 10.4. The highest BCUT2D eigenvalue weighted by molar-refractivity contribution is 6.00. The molecule has 9 heteroatoms. The molecule has 1 N–H and O–H groups in total. The van der Waals surface area contributed by atoms with Gasteiger partial charge in [-0.25, -0.2) is 0 Å². The number of alkyl halides is 3. The topological polar surface area (TPSA) is 69.7 Å². The average molecular weight is 417 g/mol. The van der Waals surface area contributed by atoms with Gasteiger partial charge in [-0.15, -0.1) is 0 Å². The van der Waals surface area contributed by atoms with E-state index in [0.717, 1.165) is 0 Å². The van der Waals surface area contributed by atoms with E-state index in [2.05, 4.69) is 5.32 Å². The summed E-state index contributed by atoms with van der Waals surface area (Å²) in [7, 11) is 1.54. The lowest BCUT2D eigenvalue weighted by Crippen LogP contribution is -2.75. The zero-order valence-electron chi connectivity index (χ0n) is 17.2. The van der Waals surface area contributed by atoms with E-state index >= 15 is 0 Å². The summed E-state index contributed by atoms with van der Waals surface area (Å²) >= 11 is 0. The molecule has 3 rings (SSSR count). The number of halogens is 3. The zero-order valence-corrected chi connectivity index (χ0v) is 17.2. The fourth-order valence-electron chi connectivity index (χ4n) is 5.09. The molecule has 0 aromatic rings. The minimum Gasteiger partial charge on any atom is -0.359 e. The first-order valence-corrected chi connectivity index (χ1v) is 10.4. The maximum absolute atomic E-state index is 13.3. The highest BCUT2D eigenvalue weighted by Gasteiger charge is 2.61. The lowest BCUT2D eigenvalue weighted by Gasteiger charge is -2.57. The van der Waals surface area contributed by atoms with E-state index in [9.17, 15) is 27.6 Å². The standard InChI is InChI=1S/C20H30F3N3O3/c1-12(2)25-11-16(27)26(10-13-4-6-15(7-5-13)20(21,22)23)19(18(25)29)8-14(9-19)17(28)24-3/h12-15H,4-11H2,1-3H3,(H,24,28). The summed E-state index contributed by atoms with van der Waals surface area (Å²) in [6.45, 7) is 3.98. The number of rotatable bonds is 4. The van der Waals surface area contributed by atoms with Crippen LogP contribution in [0.1, 0.15) is 52.4 Å². The van der Waals surface area contributed by atoms with Gasteiger partial charge in [0.1, 0.15) is 12.1 Å². The van der Waals surface area contributed by atoms with E-state index in [-0.39, 0.29) is 67.8 Å². The van der Waals surface area contributed by atoms with Gasteiger partial charge in [-0.3, -0.25) is 14.4 Å². The highest BCUT2D eigenvalue weighted by Crippen LogP contribution is 2.48. The van der Waals surface area contributed by atoms with Crippen LogP contribution in [0.4, 0.5) is 13.2 Å². The molecular formula is C20H30F3N3O3. The number of piperazine rings is 1. The van der Waals surface area contributed by atoms with Crippen LogP contribution in [-0.2, 0) is 14.4 Å². The van der Waals surface area contributed by atoms with Crippen LogP contribution in [0.5, 0.6) is 0 Å². The fraction of sp³-hybridized carbons (Fsp3) is 0.850. The SMILES string of the molecule is CNC(=O)C1CC2(C1)C(=O)N(C(C)C)CC(=O)N2CC1CCC(C(F)(F)F)CC1. The van der Waals surface area contributed by atoms with Crippen LogP contribution in [0.15, 0.2) is 0 Å². The van der Waals surface area contributed by atoms with Crippen molar-refractivity contribution in [2.45, 2.75) is 70.1 Å². The van der Waals surface area contributed by atoms with Crippen LogP contribution in [0.3, 0.4) is 0 Å². The van der Waals surface area contributed by atoms with Crippen LogP contribution in [0.2, 0.25) is 0 Å². The second-order valence-corrected chi connectivity index (χ2v) is 9.04. The van der Waals surface area contributed by atoms with Gasteiger partial charge in [-0.1, -0.05) is 0 Å². The second-order valence-electron chi connectivity index (χ2n) is 9.04. The van der Waals surface area contributed by atoms with Gasteiger partial charge in [0.2, 0.25) is 17.7 Å². The summed E-state index contributed by atoms with van der Waals surface area (Å²) < 4.78 is 38.8. The van der Waals surface area contributed by atoms with Gasteiger partial charge in [0.15, 0.2) is 0 Å². The van der Waals surface area contributed by atoms with Crippen molar-refractivity contribution < 1.29 is 27.6 Å². The van der Waals surface area contributed by atoms with E-state index in [1.54, 1.807) is 16.8 Å². The summed E-state index contributed by atoms with van der Waals surface area (Å²) in [5.74, 6) is -2.12. The molecule has 0 unspecified atom stereocenters. The number of amides is 3. The van der Waals surface area contributed by atoms with Crippen LogP contribution in [0.25, 0.3) is 0 Å². The van der Waals surface area contributed by atoms with Crippen molar-refractivity contribution in [1.82, 2.24) is 15.1 Å². The molecule has 29 heavy (non-hydrogen) atoms. The van der Waals surface area contributed by atoms with E-state index in [4.69, 9.17) is 0 Å². The predicted molar refractivity (Wildman–Crippen MR) is 99.6 cm³/mol. The Morgan fingerprint density at radius 2 is 1.76 bits per heavy atom. The van der Waals surface area contributed by atoms with Gasteiger partial charge < -0.3 is 15.1 Å². The number of nitrogens with one attached hydrogen (secondary N) is 1. The third-order valence-electron chi connectivity index (χ3n) is 6.94. The van der Waals surface area contributed by atoms with Crippen molar-refractivity contribution in [2.75, 3.05) is 20.1 Å². The van der Waals surface area contributed by atoms with Crippen molar-refractivity contribution in [3.63, 3.8) is 0 Å². The first-order chi connectivity index (χ1) is 13.5. The summed E-state index contributed by atoms with van der Waals surface area (Å²) in [6.07, 6.45) is -2.70. The Bertz CT molecular complexity index is 666. The zero-order chi connectivity index (χ0) is 21.6. The molecule has 1 aliphatic heterocycles. The number of hydrogen-bond donors (Lipinski definition) is 1.